The topological polar surface area (TPSA) is 84.5 Å². The van der Waals surface area contributed by atoms with Gasteiger partial charge >= 0.3 is 0 Å². The lowest BCUT2D eigenvalue weighted by Crippen LogP contribution is -2.35. The first kappa shape index (κ1) is 19.0. The van der Waals surface area contributed by atoms with E-state index in [0.717, 1.165) is 5.56 Å². The Hall–Kier alpha value is -2.38. The van der Waals surface area contributed by atoms with Crippen LogP contribution in [0.3, 0.4) is 0 Å². The number of amides is 1. The van der Waals surface area contributed by atoms with Gasteiger partial charge in [0.15, 0.2) is 0 Å². The fourth-order valence-electron chi connectivity index (χ4n) is 2.33. The molecule has 0 aliphatic carbocycles. The lowest BCUT2D eigenvalue weighted by atomic mass is 10.2. The third kappa shape index (κ3) is 5.30. The fraction of sp³-hybridized carbons (Fsp3) is 0.278. The second kappa shape index (κ2) is 8.13. The van der Waals surface area contributed by atoms with E-state index in [1.807, 2.05) is 13.0 Å². The van der Waals surface area contributed by atoms with Gasteiger partial charge in [-0.15, -0.1) is 0 Å². The number of anilines is 1. The smallest absolute Gasteiger partial charge is 0.261 e. The summed E-state index contributed by atoms with van der Waals surface area (Å²) in [5.41, 5.74) is 1.69. The van der Waals surface area contributed by atoms with E-state index in [1.54, 1.807) is 44.4 Å². The summed E-state index contributed by atoms with van der Waals surface area (Å²) in [5.74, 6) is -0.350. The number of benzene rings is 2. The van der Waals surface area contributed by atoms with Gasteiger partial charge in [-0.05, 0) is 49.7 Å². The summed E-state index contributed by atoms with van der Waals surface area (Å²) in [6.45, 7) is 4.06. The minimum atomic E-state index is -3.78. The largest absolute Gasteiger partial charge is 0.383 e. The average Bonchev–Trinajstić information content (AvgIpc) is 2.54. The van der Waals surface area contributed by atoms with E-state index in [4.69, 9.17) is 4.74 Å². The summed E-state index contributed by atoms with van der Waals surface area (Å²) in [6, 6.07) is 12.8. The second-order valence-corrected chi connectivity index (χ2v) is 7.52. The van der Waals surface area contributed by atoms with Crippen molar-refractivity contribution < 1.29 is 17.9 Å². The van der Waals surface area contributed by atoms with Crippen molar-refractivity contribution >= 4 is 21.6 Å². The van der Waals surface area contributed by atoms with Crippen molar-refractivity contribution in [1.82, 2.24) is 5.32 Å². The Bertz CT molecular complexity index is 850. The van der Waals surface area contributed by atoms with E-state index in [0.29, 0.717) is 12.3 Å². The predicted octanol–water partition coefficient (Wildman–Crippen LogP) is 2.56. The molecule has 1 amide bonds. The van der Waals surface area contributed by atoms with Crippen molar-refractivity contribution in [2.75, 3.05) is 18.4 Å². The number of hydrogen-bond acceptors (Lipinski definition) is 4. The number of methoxy groups -OCH3 is 1. The Balaban J connectivity index is 2.20. The number of hydrogen-bond donors (Lipinski definition) is 2. The zero-order chi connectivity index (χ0) is 18.4. The summed E-state index contributed by atoms with van der Waals surface area (Å²) >= 11 is 0. The van der Waals surface area contributed by atoms with Gasteiger partial charge in [-0.2, -0.15) is 0 Å². The highest BCUT2D eigenvalue weighted by molar-refractivity contribution is 7.92. The summed E-state index contributed by atoms with van der Waals surface area (Å²) in [7, 11) is -2.23. The predicted molar refractivity (Wildman–Crippen MR) is 97.2 cm³/mol. The van der Waals surface area contributed by atoms with Crippen LogP contribution < -0.4 is 10.0 Å². The third-order valence-corrected chi connectivity index (χ3v) is 4.85. The first-order valence-corrected chi connectivity index (χ1v) is 9.29. The van der Waals surface area contributed by atoms with Crippen LogP contribution in [0.25, 0.3) is 0 Å². The highest BCUT2D eigenvalue weighted by Crippen LogP contribution is 2.18. The monoisotopic (exact) mass is 362 g/mol. The van der Waals surface area contributed by atoms with Gasteiger partial charge < -0.3 is 10.1 Å². The van der Waals surface area contributed by atoms with Crippen LogP contribution in [-0.2, 0) is 14.8 Å². The van der Waals surface area contributed by atoms with E-state index in [-0.39, 0.29) is 22.4 Å². The molecule has 25 heavy (non-hydrogen) atoms. The van der Waals surface area contributed by atoms with Gasteiger partial charge in [0.2, 0.25) is 0 Å². The maximum atomic E-state index is 12.5. The minimum absolute atomic E-state index is 0.0288. The minimum Gasteiger partial charge on any atom is -0.383 e. The standard InChI is InChI=1S/C18H22N2O4S/c1-13-6-4-8-16(10-13)20-25(22,23)17-9-5-7-15(11-17)18(21)19-14(2)12-24-3/h4-11,14,20H,12H2,1-3H3,(H,19,21)/t14-/m0/s1. The summed E-state index contributed by atoms with van der Waals surface area (Å²) in [6.07, 6.45) is 0. The molecule has 2 aromatic rings. The summed E-state index contributed by atoms with van der Waals surface area (Å²) in [4.78, 5) is 12.3. The maximum absolute atomic E-state index is 12.5. The number of carbonyl (C=O) groups is 1. The van der Waals surface area contributed by atoms with Crippen molar-refractivity contribution in [3.05, 3.63) is 59.7 Å². The number of rotatable bonds is 7. The number of carbonyl (C=O) groups excluding carboxylic acids is 1. The lowest BCUT2D eigenvalue weighted by Gasteiger charge is -2.13. The van der Waals surface area contributed by atoms with Crippen LogP contribution in [0.15, 0.2) is 53.4 Å². The molecule has 2 rings (SSSR count). The molecule has 0 saturated heterocycles. The quantitative estimate of drug-likeness (QED) is 0.793. The molecule has 0 aliphatic rings. The molecule has 134 valence electrons. The van der Waals surface area contributed by atoms with Gasteiger partial charge in [-0.1, -0.05) is 18.2 Å². The molecule has 6 nitrogen and oxygen atoms in total. The molecule has 0 bridgehead atoms. The number of aryl methyl sites for hydroxylation is 1. The SMILES string of the molecule is COC[C@H](C)NC(=O)c1cccc(S(=O)(=O)Nc2cccc(C)c2)c1. The van der Waals surface area contributed by atoms with Crippen LogP contribution in [0, 0.1) is 6.92 Å². The number of sulfonamides is 1. The average molecular weight is 362 g/mol. The van der Waals surface area contributed by atoms with Crippen LogP contribution in [0.2, 0.25) is 0 Å². The molecule has 0 heterocycles. The molecule has 7 heteroatoms. The zero-order valence-electron chi connectivity index (χ0n) is 14.4. The highest BCUT2D eigenvalue weighted by Gasteiger charge is 2.17. The van der Waals surface area contributed by atoms with Gasteiger partial charge in [-0.25, -0.2) is 8.42 Å². The van der Waals surface area contributed by atoms with Crippen molar-refractivity contribution in [2.45, 2.75) is 24.8 Å². The van der Waals surface area contributed by atoms with Gasteiger partial charge in [0.1, 0.15) is 0 Å². The van der Waals surface area contributed by atoms with E-state index >= 15 is 0 Å². The van der Waals surface area contributed by atoms with Crippen LogP contribution >= 0.6 is 0 Å². The fourth-order valence-corrected chi connectivity index (χ4v) is 3.42. The Morgan fingerprint density at radius 2 is 1.88 bits per heavy atom. The summed E-state index contributed by atoms with van der Waals surface area (Å²) in [5, 5.41) is 2.75. The van der Waals surface area contributed by atoms with Gasteiger partial charge in [0.25, 0.3) is 15.9 Å². The molecule has 0 radical (unpaired) electrons. The number of ether oxygens (including phenoxy) is 1. The van der Waals surface area contributed by atoms with Gasteiger partial charge in [-0.3, -0.25) is 9.52 Å². The zero-order valence-corrected chi connectivity index (χ0v) is 15.3. The lowest BCUT2D eigenvalue weighted by molar-refractivity contribution is 0.0905. The van der Waals surface area contributed by atoms with E-state index < -0.39 is 10.0 Å². The molecule has 0 fully saturated rings. The third-order valence-electron chi connectivity index (χ3n) is 3.47. The first-order valence-electron chi connectivity index (χ1n) is 7.81. The molecular formula is C18H22N2O4S. The normalized spacial score (nSPS) is 12.4. The highest BCUT2D eigenvalue weighted by atomic mass is 32.2. The molecule has 0 unspecified atom stereocenters. The number of nitrogens with one attached hydrogen (secondary N) is 2. The Labute approximate surface area is 148 Å². The van der Waals surface area contributed by atoms with Crippen LogP contribution in [-0.4, -0.2) is 34.1 Å². The molecule has 1 atom stereocenters. The van der Waals surface area contributed by atoms with E-state index in [2.05, 4.69) is 10.0 Å². The van der Waals surface area contributed by atoms with Crippen LogP contribution in [0.1, 0.15) is 22.8 Å². The summed E-state index contributed by atoms with van der Waals surface area (Å²) < 4.78 is 32.6. The van der Waals surface area contributed by atoms with Gasteiger partial charge in [0, 0.05) is 24.4 Å². The van der Waals surface area contributed by atoms with E-state index in [9.17, 15) is 13.2 Å². The maximum Gasteiger partial charge on any atom is 0.261 e. The molecule has 2 aromatic carbocycles. The Morgan fingerprint density at radius 3 is 2.56 bits per heavy atom. The van der Waals surface area contributed by atoms with E-state index in [1.165, 1.54) is 12.1 Å². The molecule has 0 saturated carbocycles. The molecule has 0 aromatic heterocycles. The molecular weight excluding hydrogens is 340 g/mol. The van der Waals surface area contributed by atoms with Crippen molar-refractivity contribution in [2.24, 2.45) is 0 Å². The van der Waals surface area contributed by atoms with Crippen molar-refractivity contribution in [3.8, 4) is 0 Å². The second-order valence-electron chi connectivity index (χ2n) is 5.83. The molecule has 0 aliphatic heterocycles. The Morgan fingerprint density at radius 1 is 1.16 bits per heavy atom. The van der Waals surface area contributed by atoms with Crippen molar-refractivity contribution in [1.29, 1.82) is 0 Å². The van der Waals surface area contributed by atoms with Gasteiger partial charge in [0.05, 0.1) is 11.5 Å². The molecule has 2 N–H and O–H groups in total. The van der Waals surface area contributed by atoms with Crippen LogP contribution in [0.4, 0.5) is 5.69 Å². The van der Waals surface area contributed by atoms with Crippen molar-refractivity contribution in [3.63, 3.8) is 0 Å². The van der Waals surface area contributed by atoms with Crippen LogP contribution in [0.5, 0.6) is 0 Å². The Kier molecular flexibility index (Phi) is 6.17. The first-order chi connectivity index (χ1) is 11.8. The molecule has 0 spiro atoms.